The molecule has 1 aromatic heterocycles. The fourth-order valence-electron chi connectivity index (χ4n) is 3.57. The molecular weight excluding hydrogens is 320 g/mol. The molecule has 4 heteroatoms. The van der Waals surface area contributed by atoms with Gasteiger partial charge in [-0.2, -0.15) is 0 Å². The number of hydrogen-bond donors (Lipinski definition) is 0. The van der Waals surface area contributed by atoms with Crippen LogP contribution >= 0.6 is 0 Å². The second kappa shape index (κ2) is 9.79. The molecule has 0 saturated carbocycles. The van der Waals surface area contributed by atoms with E-state index in [2.05, 4.69) is 65.0 Å². The Kier molecular flexibility index (Phi) is 7.15. The molecule has 0 spiro atoms. The van der Waals surface area contributed by atoms with Crippen molar-refractivity contribution >= 4 is 0 Å². The van der Waals surface area contributed by atoms with E-state index in [1.54, 1.807) is 0 Å². The van der Waals surface area contributed by atoms with Crippen LogP contribution in [-0.4, -0.2) is 52.5 Å². The summed E-state index contributed by atoms with van der Waals surface area (Å²) in [5, 5.41) is 0. The molecule has 1 saturated heterocycles. The maximum absolute atomic E-state index is 4.73. The number of aryl methyl sites for hydroxylation is 1. The van der Waals surface area contributed by atoms with Crippen LogP contribution in [0.2, 0.25) is 0 Å². The number of aromatic nitrogens is 2. The lowest BCUT2D eigenvalue weighted by molar-refractivity contribution is 0.248. The van der Waals surface area contributed by atoms with Crippen LogP contribution in [0.4, 0.5) is 0 Å². The lowest BCUT2D eigenvalue weighted by Crippen LogP contribution is -2.31. The van der Waals surface area contributed by atoms with Gasteiger partial charge in [-0.3, -0.25) is 4.90 Å². The van der Waals surface area contributed by atoms with E-state index in [-0.39, 0.29) is 0 Å². The van der Waals surface area contributed by atoms with Crippen molar-refractivity contribution in [2.45, 2.75) is 45.6 Å². The molecule has 0 unspecified atom stereocenters. The summed E-state index contributed by atoms with van der Waals surface area (Å²) in [5.41, 5.74) is 2.61. The molecule has 0 bridgehead atoms. The van der Waals surface area contributed by atoms with E-state index in [0.29, 0.717) is 5.92 Å². The van der Waals surface area contributed by atoms with Crippen molar-refractivity contribution < 1.29 is 0 Å². The van der Waals surface area contributed by atoms with Gasteiger partial charge >= 0.3 is 0 Å². The third-order valence-corrected chi connectivity index (χ3v) is 5.10. The predicted molar refractivity (Wildman–Crippen MR) is 107 cm³/mol. The molecule has 0 aliphatic carbocycles. The van der Waals surface area contributed by atoms with Crippen molar-refractivity contribution in [1.29, 1.82) is 0 Å². The first-order valence-electron chi connectivity index (χ1n) is 10.0. The molecular formula is C22H32N4. The van der Waals surface area contributed by atoms with Gasteiger partial charge in [-0.05, 0) is 50.5 Å². The van der Waals surface area contributed by atoms with Gasteiger partial charge in [-0.15, -0.1) is 0 Å². The molecule has 26 heavy (non-hydrogen) atoms. The minimum absolute atomic E-state index is 0.388. The van der Waals surface area contributed by atoms with Gasteiger partial charge in [0.15, 0.2) is 0 Å². The van der Waals surface area contributed by atoms with Crippen molar-refractivity contribution in [2.24, 2.45) is 0 Å². The van der Waals surface area contributed by atoms with E-state index in [1.807, 2.05) is 6.20 Å². The standard InChI is InChI=1S/C22H32N4/c1-19(2)22-23-12-11-21(24-22)18-26-15-7-14-25(16-17-26)13-6-10-20-8-4-3-5-9-20/h3-5,8-9,11-12,19H,6-7,10,13-18H2,1-2H3. The lowest BCUT2D eigenvalue weighted by Gasteiger charge is -2.21. The SMILES string of the molecule is CC(C)c1nccc(CN2CCCN(CCCc3ccccc3)CC2)n1. The molecule has 3 rings (SSSR count). The van der Waals surface area contributed by atoms with Gasteiger partial charge in [-0.25, -0.2) is 9.97 Å². The summed E-state index contributed by atoms with van der Waals surface area (Å²) in [6.07, 6.45) is 5.58. The Hall–Kier alpha value is -1.78. The van der Waals surface area contributed by atoms with Crippen molar-refractivity contribution in [3.8, 4) is 0 Å². The van der Waals surface area contributed by atoms with E-state index in [9.17, 15) is 0 Å². The zero-order valence-corrected chi connectivity index (χ0v) is 16.3. The number of nitrogens with zero attached hydrogens (tertiary/aromatic N) is 4. The summed E-state index contributed by atoms with van der Waals surface area (Å²) in [6, 6.07) is 12.9. The highest BCUT2D eigenvalue weighted by atomic mass is 15.2. The van der Waals surface area contributed by atoms with Crippen molar-refractivity contribution in [3.63, 3.8) is 0 Å². The van der Waals surface area contributed by atoms with Crippen LogP contribution in [0, 0.1) is 0 Å². The molecule has 0 atom stereocenters. The first-order valence-corrected chi connectivity index (χ1v) is 10.0. The molecule has 2 aromatic rings. The largest absolute Gasteiger partial charge is 0.302 e. The number of hydrogen-bond acceptors (Lipinski definition) is 4. The van der Waals surface area contributed by atoms with Crippen LogP contribution in [0.1, 0.15) is 49.7 Å². The number of rotatable bonds is 7. The smallest absolute Gasteiger partial charge is 0.131 e. The van der Waals surface area contributed by atoms with Crippen molar-refractivity contribution in [1.82, 2.24) is 19.8 Å². The average Bonchev–Trinajstić information content (AvgIpc) is 2.88. The molecule has 0 amide bonds. The first-order chi connectivity index (χ1) is 12.7. The minimum atomic E-state index is 0.388. The second-order valence-electron chi connectivity index (χ2n) is 7.62. The Bertz CT molecular complexity index is 656. The van der Waals surface area contributed by atoms with E-state index in [4.69, 9.17) is 4.98 Å². The maximum Gasteiger partial charge on any atom is 0.131 e. The molecule has 1 aliphatic rings. The fourth-order valence-corrected chi connectivity index (χ4v) is 3.57. The monoisotopic (exact) mass is 352 g/mol. The van der Waals surface area contributed by atoms with Crippen LogP contribution in [0.5, 0.6) is 0 Å². The first kappa shape index (κ1) is 19.0. The van der Waals surface area contributed by atoms with E-state index < -0.39 is 0 Å². The zero-order valence-electron chi connectivity index (χ0n) is 16.3. The van der Waals surface area contributed by atoms with Crippen LogP contribution in [0.3, 0.4) is 0 Å². The van der Waals surface area contributed by atoms with Crippen molar-refractivity contribution in [2.75, 3.05) is 32.7 Å². The summed E-state index contributed by atoms with van der Waals surface area (Å²) in [6.45, 7) is 11.1. The van der Waals surface area contributed by atoms with Gasteiger partial charge < -0.3 is 4.90 Å². The Morgan fingerprint density at radius 2 is 1.73 bits per heavy atom. The quantitative estimate of drug-likeness (QED) is 0.760. The Balaban J connectivity index is 1.44. The van der Waals surface area contributed by atoms with Crippen molar-refractivity contribution in [3.05, 3.63) is 59.7 Å². The van der Waals surface area contributed by atoms with Gasteiger partial charge in [0.05, 0.1) is 5.69 Å². The van der Waals surface area contributed by atoms with Gasteiger partial charge in [0.1, 0.15) is 5.82 Å². The fraction of sp³-hybridized carbons (Fsp3) is 0.545. The highest BCUT2D eigenvalue weighted by molar-refractivity contribution is 5.14. The van der Waals surface area contributed by atoms with Gasteiger partial charge in [0, 0.05) is 31.7 Å². The second-order valence-corrected chi connectivity index (χ2v) is 7.62. The Morgan fingerprint density at radius 1 is 0.962 bits per heavy atom. The van der Waals surface area contributed by atoms with Crippen LogP contribution < -0.4 is 0 Å². The number of benzene rings is 1. The summed E-state index contributed by atoms with van der Waals surface area (Å²) in [4.78, 5) is 14.3. The Morgan fingerprint density at radius 3 is 2.54 bits per heavy atom. The van der Waals surface area contributed by atoms with Crippen LogP contribution in [-0.2, 0) is 13.0 Å². The van der Waals surface area contributed by atoms with Crippen LogP contribution in [0.15, 0.2) is 42.6 Å². The summed E-state index contributed by atoms with van der Waals surface area (Å²) in [5.74, 6) is 1.35. The topological polar surface area (TPSA) is 32.3 Å². The molecule has 1 fully saturated rings. The van der Waals surface area contributed by atoms with Gasteiger partial charge in [-0.1, -0.05) is 44.2 Å². The molecule has 140 valence electrons. The normalized spacial score (nSPS) is 16.7. The highest BCUT2D eigenvalue weighted by Gasteiger charge is 2.15. The molecule has 1 aliphatic heterocycles. The predicted octanol–water partition coefficient (Wildman–Crippen LogP) is 3.74. The summed E-state index contributed by atoms with van der Waals surface area (Å²) >= 11 is 0. The van der Waals surface area contributed by atoms with E-state index >= 15 is 0 Å². The molecule has 0 N–H and O–H groups in total. The van der Waals surface area contributed by atoms with E-state index in [1.165, 1.54) is 37.9 Å². The lowest BCUT2D eigenvalue weighted by atomic mass is 10.1. The highest BCUT2D eigenvalue weighted by Crippen LogP contribution is 2.12. The van der Waals surface area contributed by atoms with Crippen LogP contribution in [0.25, 0.3) is 0 Å². The molecule has 0 radical (unpaired) electrons. The van der Waals surface area contributed by atoms with Gasteiger partial charge in [0.2, 0.25) is 0 Å². The molecule has 4 nitrogen and oxygen atoms in total. The summed E-state index contributed by atoms with van der Waals surface area (Å²) in [7, 11) is 0. The third-order valence-electron chi connectivity index (χ3n) is 5.10. The molecule has 2 heterocycles. The third kappa shape index (κ3) is 5.89. The Labute approximate surface area is 158 Å². The average molecular weight is 353 g/mol. The zero-order chi connectivity index (χ0) is 18.2. The molecule has 1 aromatic carbocycles. The van der Waals surface area contributed by atoms with E-state index in [0.717, 1.165) is 37.7 Å². The summed E-state index contributed by atoms with van der Waals surface area (Å²) < 4.78 is 0. The van der Waals surface area contributed by atoms with Gasteiger partial charge in [0.25, 0.3) is 0 Å². The maximum atomic E-state index is 4.73. The minimum Gasteiger partial charge on any atom is -0.302 e.